The Morgan fingerprint density at radius 1 is 1.50 bits per heavy atom. The predicted molar refractivity (Wildman–Crippen MR) is 61.3 cm³/mol. The van der Waals surface area contributed by atoms with Crippen molar-refractivity contribution in [3.05, 3.63) is 38.3 Å². The summed E-state index contributed by atoms with van der Waals surface area (Å²) in [7, 11) is 0. The van der Waals surface area contributed by atoms with Crippen LogP contribution in [-0.2, 0) is 15.5 Å². The van der Waals surface area contributed by atoms with Crippen LogP contribution in [0.15, 0.2) is 22.7 Å². The molecule has 0 N–H and O–H groups in total. The number of non-ortho nitro benzene ring substituents is 1. The number of nitrogens with zero attached hydrogens (tertiary/aromatic N) is 1. The van der Waals surface area contributed by atoms with Crippen LogP contribution in [0.2, 0.25) is 0 Å². The van der Waals surface area contributed by atoms with Gasteiger partial charge in [0.15, 0.2) is 0 Å². The van der Waals surface area contributed by atoms with Gasteiger partial charge in [-0.2, -0.15) is 8.78 Å². The molecule has 18 heavy (non-hydrogen) atoms. The number of hydrogen-bond acceptors (Lipinski definition) is 4. The van der Waals surface area contributed by atoms with Gasteiger partial charge in [0.2, 0.25) is 0 Å². The van der Waals surface area contributed by atoms with Gasteiger partial charge < -0.3 is 4.74 Å². The Hall–Kier alpha value is -1.57. The monoisotopic (exact) mass is 323 g/mol. The first kappa shape index (κ1) is 14.5. The lowest BCUT2D eigenvalue weighted by Gasteiger charge is -2.14. The van der Waals surface area contributed by atoms with Gasteiger partial charge in [0.1, 0.15) is 0 Å². The van der Waals surface area contributed by atoms with Gasteiger partial charge in [0, 0.05) is 22.2 Å². The molecule has 0 atom stereocenters. The number of nitro benzene ring substituents is 1. The van der Waals surface area contributed by atoms with Crippen LogP contribution in [0.4, 0.5) is 14.5 Å². The number of hydrogen-bond donors (Lipinski definition) is 0. The van der Waals surface area contributed by atoms with E-state index in [1.54, 1.807) is 0 Å². The van der Waals surface area contributed by atoms with Gasteiger partial charge in [-0.3, -0.25) is 10.1 Å². The van der Waals surface area contributed by atoms with Crippen LogP contribution in [0, 0.1) is 10.1 Å². The molecule has 1 rings (SSSR count). The van der Waals surface area contributed by atoms with E-state index in [0.717, 1.165) is 12.1 Å². The Bertz CT molecular complexity index is 493. The summed E-state index contributed by atoms with van der Waals surface area (Å²) in [6, 6.07) is 2.64. The molecule has 0 aromatic heterocycles. The van der Waals surface area contributed by atoms with E-state index in [2.05, 4.69) is 20.7 Å². The molecule has 0 radical (unpaired) electrons. The fourth-order valence-corrected chi connectivity index (χ4v) is 1.68. The maximum absolute atomic E-state index is 13.6. The van der Waals surface area contributed by atoms with Crippen molar-refractivity contribution in [1.29, 1.82) is 0 Å². The summed E-state index contributed by atoms with van der Waals surface area (Å²) in [5.74, 6) is -5.66. The largest absolute Gasteiger partial charge is 0.461 e. The van der Waals surface area contributed by atoms with Gasteiger partial charge in [-0.05, 0) is 13.0 Å². The van der Waals surface area contributed by atoms with Gasteiger partial charge >= 0.3 is 11.9 Å². The summed E-state index contributed by atoms with van der Waals surface area (Å²) in [5, 5.41) is 10.6. The van der Waals surface area contributed by atoms with Crippen molar-refractivity contribution in [2.24, 2.45) is 0 Å². The second-order valence-corrected chi connectivity index (χ2v) is 4.17. The van der Waals surface area contributed by atoms with Crippen molar-refractivity contribution in [2.45, 2.75) is 12.8 Å². The zero-order valence-electron chi connectivity index (χ0n) is 9.15. The molecule has 1 aromatic carbocycles. The summed E-state index contributed by atoms with van der Waals surface area (Å²) in [6.07, 6.45) is 0. The Labute approximate surface area is 109 Å². The number of esters is 1. The van der Waals surface area contributed by atoms with Crippen molar-refractivity contribution in [2.75, 3.05) is 6.61 Å². The molecular formula is C10H8BrF2NO4. The number of carbonyl (C=O) groups is 1. The summed E-state index contributed by atoms with van der Waals surface area (Å²) < 4.78 is 31.6. The summed E-state index contributed by atoms with van der Waals surface area (Å²) in [5.41, 5.74) is -1.33. The van der Waals surface area contributed by atoms with Crippen LogP contribution < -0.4 is 0 Å². The van der Waals surface area contributed by atoms with Crippen LogP contribution >= 0.6 is 15.9 Å². The molecule has 8 heteroatoms. The number of benzene rings is 1. The Kier molecular flexibility index (Phi) is 4.33. The lowest BCUT2D eigenvalue weighted by molar-refractivity contribution is -0.385. The van der Waals surface area contributed by atoms with E-state index in [1.165, 1.54) is 6.92 Å². The third kappa shape index (κ3) is 3.00. The molecule has 0 heterocycles. The molecule has 0 bridgehead atoms. The van der Waals surface area contributed by atoms with Gasteiger partial charge in [0.05, 0.1) is 11.5 Å². The highest BCUT2D eigenvalue weighted by atomic mass is 79.9. The van der Waals surface area contributed by atoms with Gasteiger partial charge in [-0.25, -0.2) is 4.79 Å². The highest BCUT2D eigenvalue weighted by molar-refractivity contribution is 9.10. The fourth-order valence-electron chi connectivity index (χ4n) is 1.20. The standard InChI is InChI=1S/C10H8BrF2NO4/c1-2-18-9(15)10(12,13)6-3-7(11)5-8(4-6)14(16)17/h3-5H,2H2,1H3. The van der Waals surface area contributed by atoms with E-state index in [1.807, 2.05) is 0 Å². The lowest BCUT2D eigenvalue weighted by Crippen LogP contribution is -2.28. The third-order valence-corrected chi connectivity index (χ3v) is 2.45. The predicted octanol–water partition coefficient (Wildman–Crippen LogP) is 3.01. The van der Waals surface area contributed by atoms with Crippen LogP contribution in [0.25, 0.3) is 0 Å². The minimum atomic E-state index is -3.93. The maximum Gasteiger partial charge on any atom is 0.381 e. The molecule has 0 unspecified atom stereocenters. The molecule has 0 saturated carbocycles. The first-order valence-electron chi connectivity index (χ1n) is 4.79. The second kappa shape index (κ2) is 5.38. The van der Waals surface area contributed by atoms with Crippen molar-refractivity contribution in [3.8, 4) is 0 Å². The molecule has 5 nitrogen and oxygen atoms in total. The number of ether oxygens (including phenoxy) is 1. The molecule has 0 aliphatic rings. The highest BCUT2D eigenvalue weighted by Crippen LogP contribution is 2.34. The Morgan fingerprint density at radius 2 is 2.11 bits per heavy atom. The van der Waals surface area contributed by atoms with Crippen LogP contribution in [0.3, 0.4) is 0 Å². The second-order valence-electron chi connectivity index (χ2n) is 3.25. The number of nitro groups is 1. The van der Waals surface area contributed by atoms with Crippen molar-refractivity contribution in [1.82, 2.24) is 0 Å². The molecule has 0 fully saturated rings. The molecule has 98 valence electrons. The van der Waals surface area contributed by atoms with Crippen molar-refractivity contribution >= 4 is 27.6 Å². The van der Waals surface area contributed by atoms with Crippen LogP contribution in [0.5, 0.6) is 0 Å². The zero-order chi connectivity index (χ0) is 13.9. The molecule has 0 aliphatic heterocycles. The number of carbonyl (C=O) groups excluding carboxylic acids is 1. The first-order chi connectivity index (χ1) is 8.28. The normalized spacial score (nSPS) is 11.1. The van der Waals surface area contributed by atoms with E-state index >= 15 is 0 Å². The minimum absolute atomic E-state index is 0.0793. The SMILES string of the molecule is CCOC(=O)C(F)(F)c1cc(Br)cc([N+](=O)[O-])c1. The maximum atomic E-state index is 13.6. The summed E-state index contributed by atoms with van der Waals surface area (Å²) in [4.78, 5) is 20.8. The summed E-state index contributed by atoms with van der Waals surface area (Å²) >= 11 is 2.87. The summed E-state index contributed by atoms with van der Waals surface area (Å²) in [6.45, 7) is 1.18. The highest BCUT2D eigenvalue weighted by Gasteiger charge is 2.43. The smallest absolute Gasteiger partial charge is 0.381 e. The fraction of sp³-hybridized carbons (Fsp3) is 0.300. The van der Waals surface area contributed by atoms with E-state index in [4.69, 9.17) is 0 Å². The van der Waals surface area contributed by atoms with E-state index in [9.17, 15) is 23.7 Å². The Morgan fingerprint density at radius 3 is 2.61 bits per heavy atom. The minimum Gasteiger partial charge on any atom is -0.461 e. The molecule has 0 amide bonds. The number of alkyl halides is 2. The quantitative estimate of drug-likeness (QED) is 0.485. The average Bonchev–Trinajstić information content (AvgIpc) is 2.28. The number of halogens is 3. The molecule has 1 aromatic rings. The Balaban J connectivity index is 3.23. The van der Waals surface area contributed by atoms with Crippen molar-refractivity contribution in [3.63, 3.8) is 0 Å². The molecule has 0 spiro atoms. The lowest BCUT2D eigenvalue weighted by atomic mass is 10.1. The van der Waals surface area contributed by atoms with E-state index in [-0.39, 0.29) is 11.1 Å². The molecule has 0 saturated heterocycles. The van der Waals surface area contributed by atoms with Crippen LogP contribution in [0.1, 0.15) is 12.5 Å². The molecular weight excluding hydrogens is 316 g/mol. The third-order valence-electron chi connectivity index (χ3n) is 1.99. The van der Waals surface area contributed by atoms with Crippen molar-refractivity contribution < 1.29 is 23.2 Å². The van der Waals surface area contributed by atoms with E-state index in [0.29, 0.717) is 6.07 Å². The number of rotatable bonds is 4. The van der Waals surface area contributed by atoms with Crippen LogP contribution in [-0.4, -0.2) is 17.5 Å². The molecule has 0 aliphatic carbocycles. The van der Waals surface area contributed by atoms with Gasteiger partial charge in [-0.1, -0.05) is 15.9 Å². The van der Waals surface area contributed by atoms with Gasteiger partial charge in [0.25, 0.3) is 5.69 Å². The zero-order valence-corrected chi connectivity index (χ0v) is 10.7. The van der Waals surface area contributed by atoms with E-state index < -0.39 is 28.1 Å². The topological polar surface area (TPSA) is 69.4 Å². The van der Waals surface area contributed by atoms with Gasteiger partial charge in [-0.15, -0.1) is 0 Å². The first-order valence-corrected chi connectivity index (χ1v) is 5.58. The average molecular weight is 324 g/mol.